The van der Waals surface area contributed by atoms with Crippen molar-refractivity contribution >= 4 is 10.8 Å². The van der Waals surface area contributed by atoms with Gasteiger partial charge in [0.2, 0.25) is 0 Å². The van der Waals surface area contributed by atoms with E-state index >= 15 is 0 Å². The lowest BCUT2D eigenvalue weighted by atomic mass is 9.95. The summed E-state index contributed by atoms with van der Waals surface area (Å²) in [6, 6.07) is 12.8. The Morgan fingerprint density at radius 2 is 1.26 bits per heavy atom. The molecule has 2 rings (SSSR count). The van der Waals surface area contributed by atoms with Crippen molar-refractivity contribution < 1.29 is 10.2 Å². The van der Waals surface area contributed by atoms with Gasteiger partial charge in [-0.3, -0.25) is 0 Å². The van der Waals surface area contributed by atoms with E-state index in [0.717, 1.165) is 25.7 Å². The van der Waals surface area contributed by atoms with Crippen LogP contribution >= 0.6 is 0 Å². The van der Waals surface area contributed by atoms with Gasteiger partial charge in [-0.2, -0.15) is 0 Å². The Morgan fingerprint density at radius 3 is 1.84 bits per heavy atom. The van der Waals surface area contributed by atoms with Crippen LogP contribution in [-0.2, 0) is 12.8 Å². The average molecular weight is 258 g/mol. The molecule has 0 amide bonds. The zero-order valence-electron chi connectivity index (χ0n) is 11.3. The van der Waals surface area contributed by atoms with Crippen molar-refractivity contribution in [2.75, 3.05) is 13.2 Å². The fraction of sp³-hybridized carbons (Fsp3) is 0.412. The molecule has 0 bridgehead atoms. The largest absolute Gasteiger partial charge is 0.396 e. The van der Waals surface area contributed by atoms with Gasteiger partial charge in [-0.15, -0.1) is 0 Å². The maximum atomic E-state index is 9.13. The van der Waals surface area contributed by atoms with Crippen molar-refractivity contribution in [3.63, 3.8) is 0 Å². The van der Waals surface area contributed by atoms with Crippen LogP contribution in [0.2, 0.25) is 0 Å². The van der Waals surface area contributed by atoms with Gasteiger partial charge in [-0.05, 0) is 47.6 Å². The molecule has 0 spiro atoms. The molecule has 0 saturated heterocycles. The maximum absolute atomic E-state index is 9.13. The summed E-state index contributed by atoms with van der Waals surface area (Å²) in [5.41, 5.74) is 2.59. The van der Waals surface area contributed by atoms with Crippen LogP contribution in [-0.4, -0.2) is 23.4 Å². The van der Waals surface area contributed by atoms with E-state index in [1.807, 2.05) is 0 Å². The summed E-state index contributed by atoms with van der Waals surface area (Å²) in [5.74, 6) is 0. The highest BCUT2D eigenvalue weighted by Crippen LogP contribution is 2.24. The average Bonchev–Trinajstić information content (AvgIpc) is 2.46. The smallest absolute Gasteiger partial charge is 0.0471 e. The first-order chi connectivity index (χ1) is 9.36. The summed E-state index contributed by atoms with van der Waals surface area (Å²) in [4.78, 5) is 0. The number of aliphatic hydroxyl groups is 2. The fourth-order valence-corrected chi connectivity index (χ4v) is 2.58. The molecule has 0 unspecified atom stereocenters. The Morgan fingerprint density at radius 1 is 0.632 bits per heavy atom. The molecule has 2 aromatic carbocycles. The number of aryl methyl sites for hydroxylation is 1. The molecule has 0 aliphatic rings. The van der Waals surface area contributed by atoms with E-state index in [-0.39, 0.29) is 13.2 Å². The van der Waals surface area contributed by atoms with Gasteiger partial charge in [0.25, 0.3) is 0 Å². The molecule has 2 heteroatoms. The third kappa shape index (κ3) is 3.55. The summed E-state index contributed by atoms with van der Waals surface area (Å²) >= 11 is 0. The van der Waals surface area contributed by atoms with Crippen molar-refractivity contribution in [1.82, 2.24) is 0 Å². The Bertz CT molecular complexity index is 520. The third-order valence-corrected chi connectivity index (χ3v) is 3.59. The van der Waals surface area contributed by atoms with Gasteiger partial charge in [-0.25, -0.2) is 0 Å². The number of hydrogen-bond acceptors (Lipinski definition) is 2. The lowest BCUT2D eigenvalue weighted by Crippen LogP contribution is -1.95. The van der Waals surface area contributed by atoms with Crippen LogP contribution in [0.15, 0.2) is 36.4 Å². The first-order valence-corrected chi connectivity index (χ1v) is 7.08. The van der Waals surface area contributed by atoms with Gasteiger partial charge in [0.1, 0.15) is 0 Å². The predicted octanol–water partition coefficient (Wildman–Crippen LogP) is 3.08. The van der Waals surface area contributed by atoms with E-state index in [1.54, 1.807) is 0 Å². The van der Waals surface area contributed by atoms with Crippen molar-refractivity contribution in [2.24, 2.45) is 0 Å². The molecule has 0 radical (unpaired) electrons. The van der Waals surface area contributed by atoms with Crippen LogP contribution in [0.5, 0.6) is 0 Å². The third-order valence-electron chi connectivity index (χ3n) is 3.59. The lowest BCUT2D eigenvalue weighted by molar-refractivity contribution is 0.283. The Hall–Kier alpha value is -1.38. The number of hydrogen-bond donors (Lipinski definition) is 2. The van der Waals surface area contributed by atoms with E-state index in [2.05, 4.69) is 36.4 Å². The van der Waals surface area contributed by atoms with Crippen LogP contribution in [0, 0.1) is 0 Å². The second-order valence-corrected chi connectivity index (χ2v) is 4.94. The number of aliphatic hydroxyl groups excluding tert-OH is 2. The van der Waals surface area contributed by atoms with Gasteiger partial charge >= 0.3 is 0 Å². The summed E-state index contributed by atoms with van der Waals surface area (Å²) in [6.07, 6.45) is 4.85. The second-order valence-electron chi connectivity index (χ2n) is 4.94. The molecule has 0 atom stereocenters. The quantitative estimate of drug-likeness (QED) is 0.749. The number of rotatable bonds is 7. The highest BCUT2D eigenvalue weighted by molar-refractivity contribution is 5.88. The van der Waals surface area contributed by atoms with Gasteiger partial charge in [0.15, 0.2) is 0 Å². The van der Waals surface area contributed by atoms with Crippen molar-refractivity contribution in [1.29, 1.82) is 0 Å². The van der Waals surface area contributed by atoms with E-state index in [9.17, 15) is 0 Å². The molecule has 0 aliphatic heterocycles. The molecular formula is C17H22O2. The first-order valence-electron chi connectivity index (χ1n) is 7.08. The van der Waals surface area contributed by atoms with Crippen molar-refractivity contribution in [3.05, 3.63) is 47.5 Å². The van der Waals surface area contributed by atoms with E-state index < -0.39 is 0 Å². The molecule has 2 aromatic rings. The molecule has 0 heterocycles. The number of benzene rings is 2. The zero-order chi connectivity index (χ0) is 13.5. The monoisotopic (exact) mass is 258 g/mol. The van der Waals surface area contributed by atoms with Crippen LogP contribution < -0.4 is 0 Å². The fourth-order valence-electron chi connectivity index (χ4n) is 2.58. The van der Waals surface area contributed by atoms with Crippen LogP contribution in [0.1, 0.15) is 30.4 Å². The minimum absolute atomic E-state index is 0.194. The SMILES string of the molecule is OCCCCCc1ccc(CCO)c2ccccc12. The van der Waals surface area contributed by atoms with E-state index in [1.165, 1.54) is 21.9 Å². The number of unbranched alkanes of at least 4 members (excludes halogenated alkanes) is 2. The molecule has 2 N–H and O–H groups in total. The Balaban J connectivity index is 2.22. The van der Waals surface area contributed by atoms with E-state index in [0.29, 0.717) is 6.42 Å². The van der Waals surface area contributed by atoms with Crippen molar-refractivity contribution in [2.45, 2.75) is 32.1 Å². The van der Waals surface area contributed by atoms with Crippen LogP contribution in [0.4, 0.5) is 0 Å². The Kier molecular flexibility index (Phi) is 5.37. The molecule has 0 aromatic heterocycles. The van der Waals surface area contributed by atoms with Crippen LogP contribution in [0.3, 0.4) is 0 Å². The van der Waals surface area contributed by atoms with E-state index in [4.69, 9.17) is 10.2 Å². The van der Waals surface area contributed by atoms with Gasteiger partial charge < -0.3 is 10.2 Å². The second kappa shape index (κ2) is 7.27. The lowest BCUT2D eigenvalue weighted by Gasteiger charge is -2.10. The maximum Gasteiger partial charge on any atom is 0.0471 e. The Labute approximate surface area is 114 Å². The van der Waals surface area contributed by atoms with Gasteiger partial charge in [-0.1, -0.05) is 42.8 Å². The molecule has 19 heavy (non-hydrogen) atoms. The minimum Gasteiger partial charge on any atom is -0.396 e. The van der Waals surface area contributed by atoms with Gasteiger partial charge in [0.05, 0.1) is 0 Å². The topological polar surface area (TPSA) is 40.5 Å². The summed E-state index contributed by atoms with van der Waals surface area (Å²) < 4.78 is 0. The normalized spacial score (nSPS) is 11.1. The summed E-state index contributed by atoms with van der Waals surface area (Å²) in [5, 5.41) is 20.5. The molecule has 0 fully saturated rings. The standard InChI is InChI=1S/C17H22O2/c18-12-5-1-2-6-14-9-10-15(11-13-19)17-8-4-3-7-16(14)17/h3-4,7-10,18-19H,1-2,5-6,11-13H2. The molecule has 102 valence electrons. The van der Waals surface area contributed by atoms with Gasteiger partial charge in [0, 0.05) is 13.2 Å². The first kappa shape index (κ1) is 14.0. The minimum atomic E-state index is 0.194. The van der Waals surface area contributed by atoms with Crippen molar-refractivity contribution in [3.8, 4) is 0 Å². The predicted molar refractivity (Wildman–Crippen MR) is 79.4 cm³/mol. The molecule has 0 saturated carbocycles. The van der Waals surface area contributed by atoms with Crippen LogP contribution in [0.25, 0.3) is 10.8 Å². The molecule has 0 aliphatic carbocycles. The summed E-state index contributed by atoms with van der Waals surface area (Å²) in [7, 11) is 0. The highest BCUT2D eigenvalue weighted by atomic mass is 16.3. The summed E-state index contributed by atoms with van der Waals surface area (Å²) in [6.45, 7) is 0.482. The number of fused-ring (bicyclic) bond motifs is 1. The highest BCUT2D eigenvalue weighted by Gasteiger charge is 2.05. The zero-order valence-corrected chi connectivity index (χ0v) is 11.3. The molecule has 2 nitrogen and oxygen atoms in total. The molecular weight excluding hydrogens is 236 g/mol.